The Morgan fingerprint density at radius 3 is 1.94 bits per heavy atom. The predicted molar refractivity (Wildman–Crippen MR) is 123 cm³/mol. The fraction of sp³-hybridized carbons (Fsp3) is 0.160. The van der Waals surface area contributed by atoms with Gasteiger partial charge in [0.15, 0.2) is 0 Å². The lowest BCUT2D eigenvalue weighted by Gasteiger charge is -2.16. The third-order valence-corrected chi connectivity index (χ3v) is 4.63. The van der Waals surface area contributed by atoms with Crippen LogP contribution in [0.1, 0.15) is 21.5 Å². The summed E-state index contributed by atoms with van der Waals surface area (Å²) in [5.41, 5.74) is 2.18. The molecule has 0 fully saturated rings. The number of rotatable bonds is 5. The van der Waals surface area contributed by atoms with Gasteiger partial charge in [-0.25, -0.2) is 9.59 Å². The number of anilines is 1. The first-order valence-electron chi connectivity index (χ1n) is 10.1. The maximum absolute atomic E-state index is 12.8. The lowest BCUT2D eigenvalue weighted by Crippen LogP contribution is -2.20. The molecule has 3 aromatic rings. The van der Waals surface area contributed by atoms with Gasteiger partial charge in [-0.1, -0.05) is 24.0 Å². The molecular formula is C25H19F3N2O6. The van der Waals surface area contributed by atoms with Gasteiger partial charge in [0.1, 0.15) is 5.69 Å². The number of hydrogen-bond acceptors (Lipinski definition) is 7. The van der Waals surface area contributed by atoms with Crippen LogP contribution < -0.4 is 14.8 Å². The van der Waals surface area contributed by atoms with Crippen molar-refractivity contribution in [3.8, 4) is 34.7 Å². The summed E-state index contributed by atoms with van der Waals surface area (Å²) < 4.78 is 56.7. The minimum absolute atomic E-state index is 0.158. The van der Waals surface area contributed by atoms with Crippen LogP contribution in [0.3, 0.4) is 0 Å². The second-order valence-corrected chi connectivity index (χ2v) is 6.96. The number of carbonyl (C=O) groups is 2. The molecular weight excluding hydrogens is 481 g/mol. The van der Waals surface area contributed by atoms with Crippen LogP contribution in [0.2, 0.25) is 0 Å². The van der Waals surface area contributed by atoms with Crippen LogP contribution in [0.15, 0.2) is 54.6 Å². The van der Waals surface area contributed by atoms with Crippen LogP contribution in [0.25, 0.3) is 11.1 Å². The van der Waals surface area contributed by atoms with Crippen molar-refractivity contribution in [2.75, 3.05) is 26.6 Å². The highest BCUT2D eigenvalue weighted by atomic mass is 19.4. The zero-order chi connectivity index (χ0) is 26.3. The zero-order valence-electron chi connectivity index (χ0n) is 19.2. The van der Waals surface area contributed by atoms with Crippen LogP contribution >= 0.6 is 0 Å². The van der Waals surface area contributed by atoms with Gasteiger partial charge in [-0.05, 0) is 48.0 Å². The highest BCUT2D eigenvalue weighted by molar-refractivity contribution is 5.89. The van der Waals surface area contributed by atoms with Gasteiger partial charge in [0, 0.05) is 16.7 Å². The Hall–Kier alpha value is -4.72. The van der Waals surface area contributed by atoms with Crippen LogP contribution in [-0.2, 0) is 9.47 Å². The third kappa shape index (κ3) is 6.66. The van der Waals surface area contributed by atoms with Crippen molar-refractivity contribution in [1.29, 1.82) is 0 Å². The van der Waals surface area contributed by atoms with Crippen LogP contribution in [0, 0.1) is 11.8 Å². The van der Waals surface area contributed by atoms with Crippen molar-refractivity contribution in [2.24, 2.45) is 0 Å². The number of alkyl halides is 3. The van der Waals surface area contributed by atoms with Crippen molar-refractivity contribution < 1.29 is 41.7 Å². The van der Waals surface area contributed by atoms with E-state index >= 15 is 0 Å². The molecule has 186 valence electrons. The summed E-state index contributed by atoms with van der Waals surface area (Å²) in [6, 6.07) is 14.5. The fourth-order valence-corrected chi connectivity index (χ4v) is 2.97. The van der Waals surface area contributed by atoms with Gasteiger partial charge in [0.2, 0.25) is 11.8 Å². The molecule has 1 heterocycles. The quantitative estimate of drug-likeness (QED) is 0.388. The van der Waals surface area contributed by atoms with Crippen molar-refractivity contribution in [2.45, 2.75) is 6.36 Å². The number of carbonyl (C=O) groups excluding carboxylic acids is 2. The van der Waals surface area contributed by atoms with Gasteiger partial charge >= 0.3 is 18.4 Å². The predicted octanol–water partition coefficient (Wildman–Crippen LogP) is 5.02. The van der Waals surface area contributed by atoms with E-state index in [-0.39, 0.29) is 17.1 Å². The largest absolute Gasteiger partial charge is 0.574 e. The summed E-state index contributed by atoms with van der Waals surface area (Å²) in [6.07, 6.45) is -6.06. The molecule has 0 aliphatic heterocycles. The highest BCUT2D eigenvalue weighted by Gasteiger charge is 2.34. The number of nitrogens with zero attached hydrogens (tertiary/aromatic N) is 1. The standard InChI is InChI=1S/C25H19F3N2O6/c1-33-21-19(14-20(29-24(32)35-3)22(30-21)36-25(26,27)28)17-10-6-15(7-11-17)4-5-16-8-12-18(13-9-16)23(31)34-2/h6-14H,1-3H3,(H,29,32). The van der Waals surface area contributed by atoms with E-state index in [0.29, 0.717) is 22.3 Å². The Morgan fingerprint density at radius 2 is 1.44 bits per heavy atom. The minimum Gasteiger partial charge on any atom is -0.480 e. The Labute approximate surface area is 204 Å². The molecule has 36 heavy (non-hydrogen) atoms. The number of pyridine rings is 1. The molecule has 0 atom stereocenters. The van der Waals surface area contributed by atoms with Gasteiger partial charge in [-0.3, -0.25) is 5.32 Å². The molecule has 0 aliphatic carbocycles. The molecule has 0 spiro atoms. The van der Waals surface area contributed by atoms with E-state index in [0.717, 1.165) is 7.11 Å². The second kappa shape index (κ2) is 11.1. The first-order chi connectivity index (χ1) is 17.1. The summed E-state index contributed by atoms with van der Waals surface area (Å²) in [7, 11) is 3.60. The van der Waals surface area contributed by atoms with Crippen molar-refractivity contribution in [3.63, 3.8) is 0 Å². The lowest BCUT2D eigenvalue weighted by molar-refractivity contribution is -0.275. The molecule has 0 unspecified atom stereocenters. The smallest absolute Gasteiger partial charge is 0.480 e. The van der Waals surface area contributed by atoms with E-state index in [1.165, 1.54) is 20.3 Å². The topological polar surface area (TPSA) is 96.0 Å². The Bertz CT molecular complexity index is 1310. The Morgan fingerprint density at radius 1 is 0.861 bits per heavy atom. The van der Waals surface area contributed by atoms with Gasteiger partial charge in [0.25, 0.3) is 0 Å². The Kier molecular flexibility index (Phi) is 8.01. The first kappa shape index (κ1) is 25.9. The number of amides is 1. The summed E-state index contributed by atoms with van der Waals surface area (Å²) >= 11 is 0. The molecule has 1 amide bonds. The number of benzene rings is 2. The molecule has 1 N–H and O–H groups in total. The summed E-state index contributed by atoms with van der Waals surface area (Å²) in [4.78, 5) is 26.9. The molecule has 0 radical (unpaired) electrons. The minimum atomic E-state index is -5.05. The van der Waals surface area contributed by atoms with E-state index in [1.807, 2.05) is 0 Å². The van der Waals surface area contributed by atoms with Crippen molar-refractivity contribution in [3.05, 3.63) is 71.3 Å². The molecule has 0 aliphatic rings. The monoisotopic (exact) mass is 500 g/mol. The molecule has 8 nitrogen and oxygen atoms in total. The fourth-order valence-electron chi connectivity index (χ4n) is 2.97. The van der Waals surface area contributed by atoms with E-state index < -0.39 is 24.3 Å². The number of halogens is 3. The van der Waals surface area contributed by atoms with Crippen LogP contribution in [0.4, 0.5) is 23.7 Å². The third-order valence-electron chi connectivity index (χ3n) is 4.63. The first-order valence-corrected chi connectivity index (χ1v) is 10.1. The summed E-state index contributed by atoms with van der Waals surface area (Å²) in [6.45, 7) is 0. The number of hydrogen-bond donors (Lipinski definition) is 1. The van der Waals surface area contributed by atoms with Crippen LogP contribution in [0.5, 0.6) is 11.8 Å². The van der Waals surface area contributed by atoms with Crippen molar-refractivity contribution in [1.82, 2.24) is 4.98 Å². The number of methoxy groups -OCH3 is 3. The average Bonchev–Trinajstić information content (AvgIpc) is 2.87. The number of esters is 1. The summed E-state index contributed by atoms with van der Waals surface area (Å²) in [5.74, 6) is 4.44. The second-order valence-electron chi connectivity index (χ2n) is 6.96. The molecule has 11 heteroatoms. The van der Waals surface area contributed by atoms with Gasteiger partial charge in [-0.15, -0.1) is 13.2 Å². The lowest BCUT2D eigenvalue weighted by atomic mass is 10.0. The van der Waals surface area contributed by atoms with Gasteiger partial charge in [0.05, 0.1) is 26.9 Å². The maximum atomic E-state index is 12.8. The highest BCUT2D eigenvalue weighted by Crippen LogP contribution is 2.38. The number of nitrogens with one attached hydrogen (secondary N) is 1. The molecule has 1 aromatic heterocycles. The molecule has 0 bridgehead atoms. The maximum Gasteiger partial charge on any atom is 0.574 e. The molecule has 0 saturated heterocycles. The number of ether oxygens (including phenoxy) is 4. The van der Waals surface area contributed by atoms with E-state index in [2.05, 4.69) is 36.4 Å². The normalized spacial score (nSPS) is 10.5. The van der Waals surface area contributed by atoms with Gasteiger partial charge < -0.3 is 18.9 Å². The number of aromatic nitrogens is 1. The van der Waals surface area contributed by atoms with E-state index in [4.69, 9.17) is 4.74 Å². The van der Waals surface area contributed by atoms with Crippen LogP contribution in [-0.4, -0.2) is 44.7 Å². The molecule has 0 saturated carbocycles. The van der Waals surface area contributed by atoms with Crippen molar-refractivity contribution >= 4 is 17.7 Å². The molecule has 3 rings (SSSR count). The SMILES string of the molecule is COC(=O)Nc1cc(-c2ccc(C#Cc3ccc(C(=O)OC)cc3)cc2)c(OC)nc1OC(F)(F)F. The Balaban J connectivity index is 1.91. The molecule has 2 aromatic carbocycles. The summed E-state index contributed by atoms with van der Waals surface area (Å²) in [5, 5.41) is 2.15. The van der Waals surface area contributed by atoms with Gasteiger partial charge in [-0.2, -0.15) is 4.98 Å². The average molecular weight is 500 g/mol. The zero-order valence-corrected chi connectivity index (χ0v) is 19.2. The van der Waals surface area contributed by atoms with E-state index in [1.54, 1.807) is 48.5 Å². The van der Waals surface area contributed by atoms with E-state index in [9.17, 15) is 22.8 Å².